The molecular formula is C17H25N3O3S. The normalized spacial score (nSPS) is 16.5. The fourth-order valence-electron chi connectivity index (χ4n) is 2.76. The fourth-order valence-corrected chi connectivity index (χ4v) is 3.23. The summed E-state index contributed by atoms with van der Waals surface area (Å²) in [4.78, 5) is 29.8. The number of nitrogens with one attached hydrogen (secondary N) is 1. The molecule has 6 nitrogen and oxygen atoms in total. The van der Waals surface area contributed by atoms with Crippen molar-refractivity contribution in [2.75, 3.05) is 25.1 Å². The van der Waals surface area contributed by atoms with Crippen molar-refractivity contribution in [1.82, 2.24) is 15.2 Å². The maximum atomic E-state index is 12.7. The van der Waals surface area contributed by atoms with Crippen LogP contribution in [0.5, 0.6) is 5.75 Å². The third-order valence-corrected chi connectivity index (χ3v) is 4.64. The van der Waals surface area contributed by atoms with Gasteiger partial charge in [-0.05, 0) is 30.6 Å². The van der Waals surface area contributed by atoms with E-state index in [4.69, 9.17) is 4.74 Å². The van der Waals surface area contributed by atoms with Crippen LogP contribution in [0.1, 0.15) is 26.2 Å². The van der Waals surface area contributed by atoms with Crippen molar-refractivity contribution in [3.8, 4) is 5.75 Å². The van der Waals surface area contributed by atoms with E-state index in [1.165, 1.54) is 6.92 Å². The first-order chi connectivity index (χ1) is 11.6. The predicted octanol–water partition coefficient (Wildman–Crippen LogP) is 1.71. The molecule has 1 atom stereocenters. The lowest BCUT2D eigenvalue weighted by Crippen LogP contribution is -2.51. The third kappa shape index (κ3) is 5.70. The molecule has 0 bridgehead atoms. The van der Waals surface area contributed by atoms with Crippen LogP contribution < -0.4 is 10.1 Å². The molecule has 0 aromatic carbocycles. The maximum Gasteiger partial charge on any atom is 0.245 e. The Morgan fingerprint density at radius 2 is 2.04 bits per heavy atom. The summed E-state index contributed by atoms with van der Waals surface area (Å²) in [5.74, 6) is 1.51. The molecule has 7 heteroatoms. The second kappa shape index (κ2) is 9.52. The Balaban J connectivity index is 1.85. The van der Waals surface area contributed by atoms with Crippen molar-refractivity contribution in [1.29, 1.82) is 0 Å². The molecule has 1 saturated heterocycles. The molecule has 2 rings (SSSR count). The third-order valence-electron chi connectivity index (χ3n) is 3.99. The van der Waals surface area contributed by atoms with Gasteiger partial charge < -0.3 is 15.0 Å². The van der Waals surface area contributed by atoms with Gasteiger partial charge in [-0.15, -0.1) is 0 Å². The lowest BCUT2D eigenvalue weighted by Gasteiger charge is -2.34. The van der Waals surface area contributed by atoms with E-state index in [1.807, 2.05) is 23.3 Å². The number of rotatable bonds is 7. The Morgan fingerprint density at radius 1 is 1.38 bits per heavy atom. The fraction of sp³-hybridized carbons (Fsp3) is 0.588. The second-order valence-corrected chi connectivity index (χ2v) is 6.85. The van der Waals surface area contributed by atoms with E-state index in [-0.39, 0.29) is 17.9 Å². The molecule has 1 aliphatic rings. The summed E-state index contributed by atoms with van der Waals surface area (Å²) in [6, 6.07) is 3.26. The molecule has 0 aliphatic carbocycles. The highest BCUT2D eigenvalue weighted by atomic mass is 32.2. The Morgan fingerprint density at radius 3 is 2.62 bits per heavy atom. The molecule has 1 N–H and O–H groups in total. The number of hydrogen-bond acceptors (Lipinski definition) is 5. The second-order valence-electron chi connectivity index (χ2n) is 5.86. The van der Waals surface area contributed by atoms with Gasteiger partial charge in [0.15, 0.2) is 0 Å². The quantitative estimate of drug-likeness (QED) is 0.810. The van der Waals surface area contributed by atoms with E-state index in [2.05, 4.69) is 10.3 Å². The van der Waals surface area contributed by atoms with E-state index in [0.29, 0.717) is 19.5 Å². The number of aromatic nitrogens is 1. The number of ether oxygens (including phenoxy) is 1. The van der Waals surface area contributed by atoms with E-state index < -0.39 is 6.04 Å². The van der Waals surface area contributed by atoms with Crippen molar-refractivity contribution in [3.63, 3.8) is 0 Å². The van der Waals surface area contributed by atoms with Crippen LogP contribution in [0.25, 0.3) is 0 Å². The van der Waals surface area contributed by atoms with Gasteiger partial charge in [0.05, 0.1) is 0 Å². The monoisotopic (exact) mass is 351 g/mol. The summed E-state index contributed by atoms with van der Waals surface area (Å²) >= 11 is 1.68. The highest BCUT2D eigenvalue weighted by Crippen LogP contribution is 2.19. The van der Waals surface area contributed by atoms with E-state index in [9.17, 15) is 9.59 Å². The topological polar surface area (TPSA) is 71.5 Å². The molecule has 2 amide bonds. The van der Waals surface area contributed by atoms with Gasteiger partial charge in [-0.1, -0.05) is 0 Å². The minimum atomic E-state index is -0.424. The summed E-state index contributed by atoms with van der Waals surface area (Å²) in [5.41, 5.74) is 0. The molecule has 1 aliphatic heterocycles. The number of thioether (sulfide) groups is 1. The molecule has 0 saturated carbocycles. The minimum absolute atomic E-state index is 0.0154. The average molecular weight is 351 g/mol. The van der Waals surface area contributed by atoms with Gasteiger partial charge in [0.1, 0.15) is 17.9 Å². The highest BCUT2D eigenvalue weighted by molar-refractivity contribution is 7.98. The van der Waals surface area contributed by atoms with Crippen LogP contribution in [-0.4, -0.2) is 58.9 Å². The molecule has 1 aromatic heterocycles. The number of nitrogens with zero attached hydrogens (tertiary/aromatic N) is 2. The number of hydrogen-bond donors (Lipinski definition) is 1. The number of amides is 2. The smallest absolute Gasteiger partial charge is 0.245 e. The Labute approximate surface area is 147 Å². The Kier molecular flexibility index (Phi) is 7.36. The van der Waals surface area contributed by atoms with Crippen molar-refractivity contribution in [2.24, 2.45) is 0 Å². The first-order valence-electron chi connectivity index (χ1n) is 8.21. The number of carbonyl (C=O) groups excluding carboxylic acids is 2. The van der Waals surface area contributed by atoms with Crippen LogP contribution in [0.2, 0.25) is 0 Å². The number of carbonyl (C=O) groups is 2. The van der Waals surface area contributed by atoms with Crippen LogP contribution >= 0.6 is 11.8 Å². The molecule has 1 aromatic rings. The van der Waals surface area contributed by atoms with Crippen molar-refractivity contribution in [3.05, 3.63) is 24.5 Å². The summed E-state index contributed by atoms with van der Waals surface area (Å²) in [5, 5.41) is 2.78. The largest absolute Gasteiger partial charge is 0.490 e. The molecule has 0 spiro atoms. The Hall–Kier alpha value is -1.76. The van der Waals surface area contributed by atoms with Gasteiger partial charge >= 0.3 is 0 Å². The maximum absolute atomic E-state index is 12.7. The summed E-state index contributed by atoms with van der Waals surface area (Å²) in [7, 11) is 0. The van der Waals surface area contributed by atoms with Gasteiger partial charge in [0.2, 0.25) is 11.8 Å². The molecule has 1 fully saturated rings. The zero-order valence-electron chi connectivity index (χ0n) is 14.2. The summed E-state index contributed by atoms with van der Waals surface area (Å²) in [6.45, 7) is 2.77. The zero-order chi connectivity index (χ0) is 17.4. The molecule has 2 heterocycles. The number of pyridine rings is 1. The molecule has 24 heavy (non-hydrogen) atoms. The molecular weight excluding hydrogens is 326 g/mol. The lowest BCUT2D eigenvalue weighted by atomic mass is 10.1. The average Bonchev–Trinajstić information content (AvgIpc) is 2.59. The van der Waals surface area contributed by atoms with Gasteiger partial charge in [-0.3, -0.25) is 14.6 Å². The van der Waals surface area contributed by atoms with E-state index in [0.717, 1.165) is 24.3 Å². The first kappa shape index (κ1) is 18.6. The molecule has 0 unspecified atom stereocenters. The van der Waals surface area contributed by atoms with Gasteiger partial charge in [-0.2, -0.15) is 11.8 Å². The Bertz CT molecular complexity index is 533. The van der Waals surface area contributed by atoms with E-state index >= 15 is 0 Å². The van der Waals surface area contributed by atoms with Crippen LogP contribution in [0.15, 0.2) is 24.5 Å². The first-order valence-corrected chi connectivity index (χ1v) is 9.61. The summed E-state index contributed by atoms with van der Waals surface area (Å²) in [6.07, 6.45) is 7.77. The van der Waals surface area contributed by atoms with Crippen molar-refractivity contribution < 1.29 is 14.3 Å². The zero-order valence-corrected chi connectivity index (χ0v) is 15.1. The summed E-state index contributed by atoms with van der Waals surface area (Å²) < 4.78 is 5.92. The van der Waals surface area contributed by atoms with Crippen LogP contribution in [0.3, 0.4) is 0 Å². The van der Waals surface area contributed by atoms with Crippen molar-refractivity contribution in [2.45, 2.75) is 38.3 Å². The van der Waals surface area contributed by atoms with Crippen LogP contribution in [-0.2, 0) is 9.59 Å². The van der Waals surface area contributed by atoms with Crippen LogP contribution in [0.4, 0.5) is 0 Å². The highest BCUT2D eigenvalue weighted by Gasteiger charge is 2.29. The van der Waals surface area contributed by atoms with Crippen LogP contribution in [0, 0.1) is 0 Å². The number of piperidine rings is 1. The molecule has 0 radical (unpaired) electrons. The minimum Gasteiger partial charge on any atom is -0.490 e. The van der Waals surface area contributed by atoms with Gasteiger partial charge in [-0.25, -0.2) is 0 Å². The number of likely N-dealkylation sites (tertiary alicyclic amines) is 1. The predicted molar refractivity (Wildman–Crippen MR) is 95.1 cm³/mol. The van der Waals surface area contributed by atoms with Gasteiger partial charge in [0, 0.05) is 45.2 Å². The standard InChI is InChI=1S/C17H25N3O3S/c1-13(21)19-16(7-12-24-2)17(22)20-10-5-15(6-11-20)23-14-3-8-18-9-4-14/h3-4,8-9,15-16H,5-7,10-12H2,1-2H3,(H,19,21)/t16-/m1/s1. The van der Waals surface area contributed by atoms with Crippen molar-refractivity contribution >= 4 is 23.6 Å². The SMILES string of the molecule is CSCC[C@@H](NC(C)=O)C(=O)N1CCC(Oc2ccncc2)CC1. The lowest BCUT2D eigenvalue weighted by molar-refractivity contribution is -0.137. The van der Waals surface area contributed by atoms with Gasteiger partial charge in [0.25, 0.3) is 0 Å². The molecule has 132 valence electrons. The van der Waals surface area contributed by atoms with E-state index in [1.54, 1.807) is 24.2 Å².